The fourth-order valence-corrected chi connectivity index (χ4v) is 3.22. The molecule has 1 fully saturated rings. The quantitative estimate of drug-likeness (QED) is 0.738. The van der Waals surface area contributed by atoms with E-state index in [-0.39, 0.29) is 5.91 Å². The maximum absolute atomic E-state index is 12.6. The Morgan fingerprint density at radius 3 is 2.15 bits per heavy atom. The molecule has 5 heteroatoms. The van der Waals surface area contributed by atoms with Crippen LogP contribution < -0.4 is 11.1 Å². The summed E-state index contributed by atoms with van der Waals surface area (Å²) in [7, 11) is 0. The van der Waals surface area contributed by atoms with Gasteiger partial charge in [-0.05, 0) is 30.6 Å². The Morgan fingerprint density at radius 2 is 1.75 bits per heavy atom. The molecule has 0 atom stereocenters. The van der Waals surface area contributed by atoms with Gasteiger partial charge in [0.25, 0.3) is 0 Å². The molecule has 1 aliphatic rings. The minimum absolute atomic E-state index is 0.0281. The Labute approximate surface area is 127 Å². The molecule has 0 aliphatic carbocycles. The number of rotatable bonds is 6. The average Bonchev–Trinajstić information content (AvgIpc) is 2.38. The van der Waals surface area contributed by atoms with Crippen LogP contribution in [0.4, 0.5) is 0 Å². The molecule has 1 saturated heterocycles. The van der Waals surface area contributed by atoms with Crippen molar-refractivity contribution in [2.24, 2.45) is 28.9 Å². The van der Waals surface area contributed by atoms with Crippen molar-refractivity contribution in [1.82, 2.24) is 5.32 Å². The first-order valence-corrected chi connectivity index (χ1v) is 7.88. The minimum Gasteiger partial charge on any atom is -0.392 e. The predicted molar refractivity (Wildman–Crippen MR) is 85.4 cm³/mol. The number of amides is 1. The molecule has 4 nitrogen and oxygen atoms in total. The zero-order valence-corrected chi connectivity index (χ0v) is 13.9. The fraction of sp³-hybridized carbons (Fsp3) is 0.867. The number of nitrogens with one attached hydrogen (secondary N) is 1. The number of carbonyl (C=O) groups excluding carboxylic acids is 1. The molecular weight excluding hydrogens is 272 g/mol. The van der Waals surface area contributed by atoms with Gasteiger partial charge >= 0.3 is 0 Å². The third kappa shape index (κ3) is 3.92. The number of hydrogen-bond acceptors (Lipinski definition) is 3. The van der Waals surface area contributed by atoms with E-state index in [1.807, 2.05) is 0 Å². The van der Waals surface area contributed by atoms with Crippen molar-refractivity contribution < 1.29 is 9.53 Å². The van der Waals surface area contributed by atoms with Crippen molar-refractivity contribution in [3.63, 3.8) is 0 Å². The second-order valence-corrected chi connectivity index (χ2v) is 6.86. The van der Waals surface area contributed by atoms with Gasteiger partial charge in [-0.2, -0.15) is 0 Å². The van der Waals surface area contributed by atoms with E-state index in [1.165, 1.54) is 0 Å². The van der Waals surface area contributed by atoms with E-state index >= 15 is 0 Å². The fourth-order valence-electron chi connectivity index (χ4n) is 2.93. The second-order valence-electron chi connectivity index (χ2n) is 6.42. The van der Waals surface area contributed by atoms with Crippen molar-refractivity contribution in [3.05, 3.63) is 0 Å². The Morgan fingerprint density at radius 1 is 1.25 bits per heavy atom. The predicted octanol–water partition coefficient (Wildman–Crippen LogP) is 2.11. The molecule has 20 heavy (non-hydrogen) atoms. The number of carbonyl (C=O) groups is 1. The van der Waals surface area contributed by atoms with Crippen LogP contribution in [0.2, 0.25) is 0 Å². The minimum atomic E-state index is -0.716. The zero-order valence-electron chi connectivity index (χ0n) is 13.1. The summed E-state index contributed by atoms with van der Waals surface area (Å²) >= 11 is 5.15. The Balaban J connectivity index is 2.70. The molecule has 0 spiro atoms. The van der Waals surface area contributed by atoms with Crippen LogP contribution >= 0.6 is 12.2 Å². The molecule has 1 rings (SSSR count). The monoisotopic (exact) mass is 300 g/mol. The van der Waals surface area contributed by atoms with Gasteiger partial charge in [0.05, 0.1) is 4.99 Å². The van der Waals surface area contributed by atoms with Crippen LogP contribution in [0.5, 0.6) is 0 Å². The van der Waals surface area contributed by atoms with E-state index < -0.39 is 5.41 Å². The lowest BCUT2D eigenvalue weighted by Crippen LogP contribution is -2.53. The van der Waals surface area contributed by atoms with Crippen LogP contribution in [0.15, 0.2) is 0 Å². The average molecular weight is 300 g/mol. The van der Waals surface area contributed by atoms with E-state index in [9.17, 15) is 4.79 Å². The molecule has 3 N–H and O–H groups in total. The first kappa shape index (κ1) is 17.4. The SMILES string of the molecule is CC(C)C(CNC(=O)C1(C(N)=S)CCOCC1)C(C)C. The summed E-state index contributed by atoms with van der Waals surface area (Å²) in [5.74, 6) is 1.50. The summed E-state index contributed by atoms with van der Waals surface area (Å²) in [6.07, 6.45) is 1.17. The van der Waals surface area contributed by atoms with Gasteiger partial charge in [-0.25, -0.2) is 0 Å². The van der Waals surface area contributed by atoms with Gasteiger partial charge in [-0.3, -0.25) is 4.79 Å². The van der Waals surface area contributed by atoms with Gasteiger partial charge in [-0.15, -0.1) is 0 Å². The number of nitrogens with two attached hydrogens (primary N) is 1. The van der Waals surface area contributed by atoms with Crippen LogP contribution in [-0.4, -0.2) is 30.7 Å². The zero-order chi connectivity index (χ0) is 15.3. The van der Waals surface area contributed by atoms with Gasteiger partial charge in [0.2, 0.25) is 5.91 Å². The van der Waals surface area contributed by atoms with Crippen molar-refractivity contribution in [3.8, 4) is 0 Å². The first-order valence-electron chi connectivity index (χ1n) is 7.47. The summed E-state index contributed by atoms with van der Waals surface area (Å²) in [5, 5.41) is 3.08. The van der Waals surface area contributed by atoms with E-state index in [0.717, 1.165) is 0 Å². The summed E-state index contributed by atoms with van der Waals surface area (Å²) in [6, 6.07) is 0. The molecular formula is C15H28N2O2S. The number of ether oxygens (including phenoxy) is 1. The molecule has 1 heterocycles. The number of thiocarbonyl (C=S) groups is 1. The molecule has 1 amide bonds. The summed E-state index contributed by atoms with van der Waals surface area (Å²) in [6.45, 7) is 10.5. The first-order chi connectivity index (χ1) is 9.31. The van der Waals surface area contributed by atoms with Crippen LogP contribution in [0.1, 0.15) is 40.5 Å². The topological polar surface area (TPSA) is 64.4 Å². The van der Waals surface area contributed by atoms with Crippen LogP contribution in [0.25, 0.3) is 0 Å². The lowest BCUT2D eigenvalue weighted by Gasteiger charge is -2.35. The van der Waals surface area contributed by atoms with Crippen molar-refractivity contribution in [2.75, 3.05) is 19.8 Å². The molecule has 0 unspecified atom stereocenters. The highest BCUT2D eigenvalue weighted by atomic mass is 32.1. The highest BCUT2D eigenvalue weighted by molar-refractivity contribution is 7.80. The third-order valence-corrected chi connectivity index (χ3v) is 4.85. The van der Waals surface area contributed by atoms with E-state index in [1.54, 1.807) is 0 Å². The van der Waals surface area contributed by atoms with Crippen LogP contribution in [0, 0.1) is 23.2 Å². The third-order valence-electron chi connectivity index (χ3n) is 4.46. The van der Waals surface area contributed by atoms with Crippen LogP contribution in [0.3, 0.4) is 0 Å². The van der Waals surface area contributed by atoms with Gasteiger partial charge in [0, 0.05) is 19.8 Å². The summed E-state index contributed by atoms with van der Waals surface area (Å²) in [5.41, 5.74) is 5.13. The normalized spacial score (nSPS) is 18.6. The molecule has 0 aromatic heterocycles. The number of hydrogen-bond donors (Lipinski definition) is 2. The van der Waals surface area contributed by atoms with E-state index in [4.69, 9.17) is 22.7 Å². The van der Waals surface area contributed by atoms with Gasteiger partial charge in [0.1, 0.15) is 5.41 Å². The lowest BCUT2D eigenvalue weighted by atomic mass is 9.78. The second kappa shape index (κ2) is 7.36. The Bertz CT molecular complexity index is 342. The molecule has 0 bridgehead atoms. The van der Waals surface area contributed by atoms with E-state index in [0.29, 0.717) is 55.3 Å². The summed E-state index contributed by atoms with van der Waals surface area (Å²) < 4.78 is 5.33. The van der Waals surface area contributed by atoms with Crippen molar-refractivity contribution in [1.29, 1.82) is 0 Å². The molecule has 0 radical (unpaired) electrons. The maximum atomic E-state index is 12.6. The highest BCUT2D eigenvalue weighted by Crippen LogP contribution is 2.31. The van der Waals surface area contributed by atoms with Gasteiger partial charge in [0.15, 0.2) is 0 Å². The Hall–Kier alpha value is -0.680. The molecule has 116 valence electrons. The molecule has 0 saturated carbocycles. The molecule has 0 aromatic rings. The summed E-state index contributed by atoms with van der Waals surface area (Å²) in [4.78, 5) is 12.9. The van der Waals surface area contributed by atoms with Gasteiger partial charge in [-0.1, -0.05) is 39.9 Å². The van der Waals surface area contributed by atoms with Crippen LogP contribution in [-0.2, 0) is 9.53 Å². The molecule has 0 aromatic carbocycles. The van der Waals surface area contributed by atoms with Gasteiger partial charge < -0.3 is 15.8 Å². The highest BCUT2D eigenvalue weighted by Gasteiger charge is 2.43. The van der Waals surface area contributed by atoms with Crippen molar-refractivity contribution in [2.45, 2.75) is 40.5 Å². The molecule has 1 aliphatic heterocycles. The standard InChI is InChI=1S/C15H28N2O2S/c1-10(2)12(11(3)4)9-17-14(18)15(13(16)20)5-7-19-8-6-15/h10-12H,5-9H2,1-4H3,(H2,16,20)(H,17,18). The van der Waals surface area contributed by atoms with E-state index in [2.05, 4.69) is 33.0 Å². The smallest absolute Gasteiger partial charge is 0.233 e. The lowest BCUT2D eigenvalue weighted by molar-refractivity contribution is -0.131. The largest absolute Gasteiger partial charge is 0.392 e. The van der Waals surface area contributed by atoms with Crippen molar-refractivity contribution >= 4 is 23.1 Å². The maximum Gasteiger partial charge on any atom is 0.233 e. The Kier molecular flexibility index (Phi) is 6.40.